The van der Waals surface area contributed by atoms with Crippen LogP contribution in [-0.2, 0) is 24.7 Å². The number of methoxy groups -OCH3 is 1. The predicted molar refractivity (Wildman–Crippen MR) is 99.7 cm³/mol. The number of likely N-dealkylation sites (tertiary alicyclic amines) is 1. The van der Waals surface area contributed by atoms with E-state index >= 15 is 0 Å². The molecular formula is C21H21N3O4. The van der Waals surface area contributed by atoms with Crippen LogP contribution in [0.5, 0.6) is 0 Å². The molecule has 0 spiro atoms. The molecular weight excluding hydrogens is 358 g/mol. The summed E-state index contributed by atoms with van der Waals surface area (Å²) in [6.07, 6.45) is 0. The van der Waals surface area contributed by atoms with Crippen LogP contribution in [0.15, 0.2) is 48.5 Å². The third-order valence-corrected chi connectivity index (χ3v) is 5.75. The molecule has 2 aromatic rings. The van der Waals surface area contributed by atoms with E-state index in [1.165, 1.54) is 14.2 Å². The first-order valence-electron chi connectivity index (χ1n) is 9.08. The van der Waals surface area contributed by atoms with Crippen molar-refractivity contribution in [1.29, 1.82) is 0 Å². The lowest BCUT2D eigenvalue weighted by atomic mass is 9.75. The number of ether oxygens (including phenoxy) is 1. The van der Waals surface area contributed by atoms with Crippen LogP contribution in [0.4, 0.5) is 0 Å². The smallest absolute Gasteiger partial charge is 0.331 e. The molecule has 0 aliphatic carbocycles. The number of hydrogen-bond donors (Lipinski definition) is 1. The van der Waals surface area contributed by atoms with Crippen molar-refractivity contribution in [1.82, 2.24) is 15.2 Å². The number of aromatic nitrogens is 1. The molecule has 2 aliphatic rings. The highest BCUT2D eigenvalue weighted by Gasteiger charge is 2.69. The second-order valence-corrected chi connectivity index (χ2v) is 7.23. The van der Waals surface area contributed by atoms with Gasteiger partial charge in [-0.25, -0.2) is 4.79 Å². The van der Waals surface area contributed by atoms with Gasteiger partial charge in [0.25, 0.3) is 0 Å². The average molecular weight is 379 g/mol. The van der Waals surface area contributed by atoms with Crippen LogP contribution in [0.1, 0.15) is 23.0 Å². The minimum atomic E-state index is -1.46. The van der Waals surface area contributed by atoms with Crippen LogP contribution in [0, 0.1) is 18.8 Å². The van der Waals surface area contributed by atoms with E-state index in [1.807, 2.05) is 25.1 Å². The summed E-state index contributed by atoms with van der Waals surface area (Å²) in [6, 6.07) is 13.9. The first-order chi connectivity index (χ1) is 13.4. The van der Waals surface area contributed by atoms with Gasteiger partial charge < -0.3 is 4.74 Å². The average Bonchev–Trinajstić information content (AvgIpc) is 3.19. The highest BCUT2D eigenvalue weighted by atomic mass is 16.5. The van der Waals surface area contributed by atoms with Gasteiger partial charge in [-0.3, -0.25) is 24.8 Å². The molecule has 2 aliphatic heterocycles. The quantitative estimate of drug-likeness (QED) is 0.639. The van der Waals surface area contributed by atoms with Crippen molar-refractivity contribution in [2.45, 2.75) is 18.5 Å². The molecule has 7 nitrogen and oxygen atoms in total. The number of aryl methyl sites for hydroxylation is 1. The molecule has 3 heterocycles. The van der Waals surface area contributed by atoms with E-state index in [0.29, 0.717) is 11.3 Å². The van der Waals surface area contributed by atoms with Gasteiger partial charge in [-0.15, -0.1) is 0 Å². The van der Waals surface area contributed by atoms with Crippen molar-refractivity contribution in [3.8, 4) is 0 Å². The number of nitrogens with zero attached hydrogens (tertiary/aromatic N) is 2. The van der Waals surface area contributed by atoms with E-state index in [1.54, 1.807) is 30.3 Å². The fourth-order valence-corrected chi connectivity index (χ4v) is 4.48. The molecule has 1 N–H and O–H groups in total. The monoisotopic (exact) mass is 379 g/mol. The number of rotatable bonds is 3. The summed E-state index contributed by atoms with van der Waals surface area (Å²) in [5, 5.41) is 3.29. The molecule has 144 valence electrons. The summed E-state index contributed by atoms with van der Waals surface area (Å²) >= 11 is 0. The summed E-state index contributed by atoms with van der Waals surface area (Å²) in [4.78, 5) is 44.8. The van der Waals surface area contributed by atoms with E-state index in [9.17, 15) is 14.4 Å². The fraction of sp³-hybridized carbons (Fsp3) is 0.333. The van der Waals surface area contributed by atoms with Gasteiger partial charge in [-0.1, -0.05) is 36.4 Å². The van der Waals surface area contributed by atoms with Crippen molar-refractivity contribution in [3.05, 3.63) is 65.5 Å². The number of fused-ring (bicyclic) bond motifs is 1. The van der Waals surface area contributed by atoms with Crippen LogP contribution in [-0.4, -0.2) is 41.8 Å². The zero-order chi connectivity index (χ0) is 20.1. The first kappa shape index (κ1) is 18.3. The molecule has 4 atom stereocenters. The Labute approximate surface area is 162 Å². The molecule has 0 saturated carbocycles. The maximum atomic E-state index is 13.1. The first-order valence-corrected chi connectivity index (χ1v) is 9.08. The molecule has 1 aromatic heterocycles. The van der Waals surface area contributed by atoms with Gasteiger partial charge in [0.1, 0.15) is 0 Å². The van der Waals surface area contributed by atoms with Gasteiger partial charge in [0.05, 0.1) is 30.7 Å². The number of hydrogen-bond acceptors (Lipinski definition) is 6. The molecule has 4 rings (SSSR count). The number of carbonyl (C=O) groups is 3. The zero-order valence-electron chi connectivity index (χ0n) is 15.9. The summed E-state index contributed by atoms with van der Waals surface area (Å²) in [5.41, 5.74) is 0.529. The number of carbonyl (C=O) groups excluding carboxylic acids is 3. The topological polar surface area (TPSA) is 88.6 Å². The SMILES string of the molecule is COC(=O)[C@@]1(c2ccccc2)N[C@@H](c2cccc(C)n2)[C@H]2C(=O)N(C)C(=O)[C@H]21. The van der Waals surface area contributed by atoms with Crippen molar-refractivity contribution in [2.24, 2.45) is 11.8 Å². The summed E-state index contributed by atoms with van der Waals surface area (Å²) in [5.74, 6) is -2.97. The van der Waals surface area contributed by atoms with E-state index in [0.717, 1.165) is 10.6 Å². The Bertz CT molecular complexity index is 961. The van der Waals surface area contributed by atoms with Crippen molar-refractivity contribution >= 4 is 17.8 Å². The van der Waals surface area contributed by atoms with Gasteiger partial charge in [0, 0.05) is 12.7 Å². The molecule has 1 aromatic carbocycles. The zero-order valence-corrected chi connectivity index (χ0v) is 15.9. The van der Waals surface area contributed by atoms with Crippen LogP contribution in [0.3, 0.4) is 0 Å². The van der Waals surface area contributed by atoms with Gasteiger partial charge in [-0.05, 0) is 24.6 Å². The van der Waals surface area contributed by atoms with Crippen LogP contribution in [0.2, 0.25) is 0 Å². The molecule has 0 unspecified atom stereocenters. The maximum Gasteiger partial charge on any atom is 0.331 e. The number of benzene rings is 1. The lowest BCUT2D eigenvalue weighted by Crippen LogP contribution is -2.53. The van der Waals surface area contributed by atoms with Crippen LogP contribution >= 0.6 is 0 Å². The third kappa shape index (κ3) is 2.39. The third-order valence-electron chi connectivity index (χ3n) is 5.75. The van der Waals surface area contributed by atoms with E-state index in [2.05, 4.69) is 10.3 Å². The Morgan fingerprint density at radius 2 is 1.82 bits per heavy atom. The second-order valence-electron chi connectivity index (χ2n) is 7.23. The van der Waals surface area contributed by atoms with Gasteiger partial charge in [-0.2, -0.15) is 0 Å². The Hall–Kier alpha value is -3.06. The Morgan fingerprint density at radius 1 is 1.11 bits per heavy atom. The predicted octanol–water partition coefficient (Wildman–Crippen LogP) is 1.33. The Morgan fingerprint density at radius 3 is 2.46 bits per heavy atom. The highest BCUT2D eigenvalue weighted by molar-refractivity contribution is 6.09. The van der Waals surface area contributed by atoms with Gasteiger partial charge in [0.2, 0.25) is 11.8 Å². The van der Waals surface area contributed by atoms with Crippen LogP contribution < -0.4 is 5.32 Å². The molecule has 28 heavy (non-hydrogen) atoms. The second kappa shape index (κ2) is 6.53. The van der Waals surface area contributed by atoms with E-state index < -0.39 is 35.3 Å². The summed E-state index contributed by atoms with van der Waals surface area (Å²) < 4.78 is 5.12. The highest BCUT2D eigenvalue weighted by Crippen LogP contribution is 2.52. The number of esters is 1. The molecule has 2 saturated heterocycles. The van der Waals surface area contributed by atoms with E-state index in [4.69, 9.17) is 4.74 Å². The maximum absolute atomic E-state index is 13.1. The van der Waals surface area contributed by atoms with Crippen molar-refractivity contribution < 1.29 is 19.1 Å². The molecule has 2 amide bonds. The van der Waals surface area contributed by atoms with Crippen molar-refractivity contribution in [2.75, 3.05) is 14.2 Å². The van der Waals surface area contributed by atoms with E-state index in [-0.39, 0.29) is 5.91 Å². The van der Waals surface area contributed by atoms with Gasteiger partial charge in [0.15, 0.2) is 5.54 Å². The number of nitrogens with one attached hydrogen (secondary N) is 1. The summed E-state index contributed by atoms with van der Waals surface area (Å²) in [6.45, 7) is 1.86. The molecule has 7 heteroatoms. The normalized spacial score (nSPS) is 29.1. The standard InChI is InChI=1S/C21H21N3O4/c1-12-8-7-11-14(22-12)17-15-16(19(26)24(2)18(15)25)21(23-17,20(27)28-3)13-9-5-4-6-10-13/h4-11,15-17,23H,1-3H3/t15-,16-,17-,21-/m0/s1. The van der Waals surface area contributed by atoms with Crippen molar-refractivity contribution in [3.63, 3.8) is 0 Å². The summed E-state index contributed by atoms with van der Waals surface area (Å²) in [7, 11) is 2.74. The number of amides is 2. The molecule has 0 bridgehead atoms. The minimum Gasteiger partial charge on any atom is -0.467 e. The lowest BCUT2D eigenvalue weighted by molar-refractivity contribution is -0.154. The fourth-order valence-electron chi connectivity index (χ4n) is 4.48. The molecule has 2 fully saturated rings. The van der Waals surface area contributed by atoms with Crippen LogP contribution in [0.25, 0.3) is 0 Å². The minimum absolute atomic E-state index is 0.322. The Balaban J connectivity index is 1.95. The lowest BCUT2D eigenvalue weighted by Gasteiger charge is -2.32. The Kier molecular flexibility index (Phi) is 4.27. The number of imide groups is 1. The number of pyridine rings is 1. The largest absolute Gasteiger partial charge is 0.467 e. The van der Waals surface area contributed by atoms with Gasteiger partial charge >= 0.3 is 5.97 Å². The molecule has 0 radical (unpaired) electrons.